The van der Waals surface area contributed by atoms with Crippen molar-refractivity contribution in [2.45, 2.75) is 31.8 Å². The number of sulfonamides is 1. The van der Waals surface area contributed by atoms with Gasteiger partial charge in [0.1, 0.15) is 5.75 Å². The zero-order valence-electron chi connectivity index (χ0n) is 11.8. The number of hydrogen-bond acceptors (Lipinski definition) is 4. The maximum atomic E-state index is 12.2. The molecule has 0 spiro atoms. The summed E-state index contributed by atoms with van der Waals surface area (Å²) in [6.45, 7) is 5.51. The summed E-state index contributed by atoms with van der Waals surface area (Å²) >= 11 is 0. The molecule has 0 fully saturated rings. The first kappa shape index (κ1) is 15.9. The van der Waals surface area contributed by atoms with Crippen molar-refractivity contribution in [1.29, 1.82) is 0 Å². The van der Waals surface area contributed by atoms with Gasteiger partial charge in [-0.3, -0.25) is 0 Å². The Kier molecular flexibility index (Phi) is 5.34. The molecule has 0 aliphatic rings. The summed E-state index contributed by atoms with van der Waals surface area (Å²) in [5.74, 6) is 0.679. The molecule has 0 radical (unpaired) electrons. The highest BCUT2D eigenvalue weighted by Crippen LogP contribution is 2.24. The third kappa shape index (κ3) is 3.92. The molecule has 0 saturated carbocycles. The summed E-state index contributed by atoms with van der Waals surface area (Å²) in [4.78, 5) is 0.206. The number of rotatable bonds is 6. The van der Waals surface area contributed by atoms with E-state index in [4.69, 9.17) is 9.84 Å². The highest BCUT2D eigenvalue weighted by molar-refractivity contribution is 7.89. The van der Waals surface area contributed by atoms with Gasteiger partial charge in [0.15, 0.2) is 0 Å². The zero-order chi connectivity index (χ0) is 14.6. The topological polar surface area (TPSA) is 66.8 Å². The second-order valence-corrected chi connectivity index (χ2v) is 6.69. The van der Waals surface area contributed by atoms with E-state index < -0.39 is 10.0 Å². The Morgan fingerprint density at radius 2 is 2.00 bits per heavy atom. The van der Waals surface area contributed by atoms with E-state index in [0.29, 0.717) is 5.75 Å². The molecule has 0 aliphatic carbocycles. The number of nitrogens with zero attached hydrogens (tertiary/aromatic N) is 1. The number of ether oxygens (including phenoxy) is 1. The highest BCUT2D eigenvalue weighted by Gasteiger charge is 2.21. The van der Waals surface area contributed by atoms with Gasteiger partial charge < -0.3 is 9.84 Å². The van der Waals surface area contributed by atoms with Crippen LogP contribution in [0.5, 0.6) is 5.75 Å². The van der Waals surface area contributed by atoms with Crippen LogP contribution in [0.15, 0.2) is 23.1 Å². The van der Waals surface area contributed by atoms with Gasteiger partial charge in [-0.05, 0) is 44.5 Å². The van der Waals surface area contributed by atoms with E-state index in [0.717, 1.165) is 9.87 Å². The molecule has 1 aromatic rings. The van der Waals surface area contributed by atoms with Crippen molar-refractivity contribution in [2.75, 3.05) is 20.2 Å². The Balaban J connectivity index is 3.07. The van der Waals surface area contributed by atoms with Crippen LogP contribution in [0.4, 0.5) is 0 Å². The van der Waals surface area contributed by atoms with E-state index in [9.17, 15) is 8.42 Å². The van der Waals surface area contributed by atoms with E-state index in [-0.39, 0.29) is 24.2 Å². The lowest BCUT2D eigenvalue weighted by Gasteiger charge is -2.18. The molecule has 6 heteroatoms. The van der Waals surface area contributed by atoms with Crippen molar-refractivity contribution >= 4 is 10.0 Å². The van der Waals surface area contributed by atoms with Crippen molar-refractivity contribution in [3.8, 4) is 5.75 Å². The summed E-state index contributed by atoms with van der Waals surface area (Å²) in [6.07, 6.45) is 0.0400. The Morgan fingerprint density at radius 3 is 2.47 bits per heavy atom. The molecule has 1 rings (SSSR count). The lowest BCUT2D eigenvalue weighted by atomic mass is 10.2. The number of likely N-dealkylation sites (N-methyl/N-ethyl adjacent to an activating group) is 1. The summed E-state index contributed by atoms with van der Waals surface area (Å²) in [5.41, 5.74) is 0.771. The predicted octanol–water partition coefficient (Wildman–Crippen LogP) is 1.40. The van der Waals surface area contributed by atoms with E-state index in [1.807, 2.05) is 20.8 Å². The molecule has 0 atom stereocenters. The summed E-state index contributed by atoms with van der Waals surface area (Å²) in [7, 11) is -2.11. The standard InChI is InChI=1S/C13H21NO4S/c1-10(2)18-13-6-5-12(9-11(13)3)19(16,17)14(4)7-8-15/h5-6,9-10,15H,7-8H2,1-4H3. The van der Waals surface area contributed by atoms with E-state index in [1.54, 1.807) is 12.1 Å². The van der Waals surface area contributed by atoms with Gasteiger partial charge >= 0.3 is 0 Å². The Morgan fingerprint density at radius 1 is 1.37 bits per heavy atom. The first-order valence-corrected chi connectivity index (χ1v) is 7.57. The molecule has 108 valence electrons. The average molecular weight is 287 g/mol. The SMILES string of the molecule is Cc1cc(S(=O)(=O)N(C)CCO)ccc1OC(C)C. The van der Waals surface area contributed by atoms with E-state index in [1.165, 1.54) is 13.1 Å². The monoisotopic (exact) mass is 287 g/mol. The fourth-order valence-corrected chi connectivity index (χ4v) is 2.86. The second-order valence-electron chi connectivity index (χ2n) is 4.64. The molecule has 0 bridgehead atoms. The average Bonchev–Trinajstić information content (AvgIpc) is 2.31. The van der Waals surface area contributed by atoms with Crippen LogP contribution in [0.25, 0.3) is 0 Å². The Bertz CT molecular complexity index is 525. The van der Waals surface area contributed by atoms with Gasteiger partial charge in [0.05, 0.1) is 17.6 Å². The molecule has 0 aromatic heterocycles. The zero-order valence-corrected chi connectivity index (χ0v) is 12.6. The van der Waals surface area contributed by atoms with Crippen molar-refractivity contribution in [2.24, 2.45) is 0 Å². The summed E-state index contributed by atoms with van der Waals surface area (Å²) in [6, 6.07) is 4.77. The normalized spacial score (nSPS) is 12.2. The van der Waals surface area contributed by atoms with Crippen molar-refractivity contribution in [1.82, 2.24) is 4.31 Å². The maximum absolute atomic E-state index is 12.2. The molecule has 0 unspecified atom stereocenters. The minimum absolute atomic E-state index is 0.0400. The molecule has 19 heavy (non-hydrogen) atoms. The fraction of sp³-hybridized carbons (Fsp3) is 0.538. The van der Waals surface area contributed by atoms with Crippen molar-refractivity contribution in [3.05, 3.63) is 23.8 Å². The first-order valence-electron chi connectivity index (χ1n) is 6.13. The maximum Gasteiger partial charge on any atom is 0.242 e. The molecule has 0 amide bonds. The van der Waals surface area contributed by atoms with Gasteiger partial charge in [-0.1, -0.05) is 0 Å². The van der Waals surface area contributed by atoms with E-state index in [2.05, 4.69) is 0 Å². The number of benzene rings is 1. The van der Waals surface area contributed by atoms with Gasteiger partial charge in [-0.25, -0.2) is 8.42 Å². The molecule has 1 N–H and O–H groups in total. The lowest BCUT2D eigenvalue weighted by molar-refractivity contribution is 0.240. The first-order chi connectivity index (χ1) is 8.78. The number of hydrogen-bond donors (Lipinski definition) is 1. The number of aryl methyl sites for hydroxylation is 1. The highest BCUT2D eigenvalue weighted by atomic mass is 32.2. The fourth-order valence-electron chi connectivity index (χ4n) is 1.61. The number of aliphatic hydroxyl groups is 1. The summed E-state index contributed by atoms with van der Waals surface area (Å²) < 4.78 is 31.1. The van der Waals surface area contributed by atoms with Crippen LogP contribution >= 0.6 is 0 Å². The predicted molar refractivity (Wildman–Crippen MR) is 73.8 cm³/mol. The van der Waals surface area contributed by atoms with Crippen molar-refractivity contribution in [3.63, 3.8) is 0 Å². The molecule has 0 saturated heterocycles. The van der Waals surface area contributed by atoms with Gasteiger partial charge in [-0.15, -0.1) is 0 Å². The molecule has 5 nitrogen and oxygen atoms in total. The van der Waals surface area contributed by atoms with Crippen LogP contribution in [0.2, 0.25) is 0 Å². The van der Waals surface area contributed by atoms with Crippen LogP contribution < -0.4 is 4.74 Å². The van der Waals surface area contributed by atoms with E-state index >= 15 is 0 Å². The minimum atomic E-state index is -3.55. The van der Waals surface area contributed by atoms with Gasteiger partial charge in [0.2, 0.25) is 10.0 Å². The quantitative estimate of drug-likeness (QED) is 0.858. The smallest absolute Gasteiger partial charge is 0.242 e. The van der Waals surface area contributed by atoms with Crippen LogP contribution in [0.3, 0.4) is 0 Å². The molecule has 1 aromatic carbocycles. The minimum Gasteiger partial charge on any atom is -0.491 e. The third-order valence-corrected chi connectivity index (χ3v) is 4.48. The van der Waals surface area contributed by atoms with Gasteiger partial charge in [0.25, 0.3) is 0 Å². The number of aliphatic hydroxyl groups excluding tert-OH is 1. The largest absolute Gasteiger partial charge is 0.491 e. The summed E-state index contributed by atoms with van der Waals surface area (Å²) in [5, 5.41) is 8.82. The second kappa shape index (κ2) is 6.36. The van der Waals surface area contributed by atoms with Crippen LogP contribution in [0, 0.1) is 6.92 Å². The van der Waals surface area contributed by atoms with Gasteiger partial charge in [0, 0.05) is 13.6 Å². The molecule has 0 aliphatic heterocycles. The molecular formula is C13H21NO4S. The molecule has 0 heterocycles. The lowest BCUT2D eigenvalue weighted by Crippen LogP contribution is -2.29. The van der Waals surface area contributed by atoms with Crippen LogP contribution in [-0.2, 0) is 10.0 Å². The Hall–Kier alpha value is -1.11. The van der Waals surface area contributed by atoms with Crippen molar-refractivity contribution < 1.29 is 18.3 Å². The molecular weight excluding hydrogens is 266 g/mol. The van der Waals surface area contributed by atoms with Gasteiger partial charge in [-0.2, -0.15) is 4.31 Å². The third-order valence-electron chi connectivity index (χ3n) is 2.63. The van der Waals surface area contributed by atoms with Crippen LogP contribution in [0.1, 0.15) is 19.4 Å². The Labute approximate surface area is 114 Å². The van der Waals surface area contributed by atoms with Crippen LogP contribution in [-0.4, -0.2) is 44.1 Å².